The summed E-state index contributed by atoms with van der Waals surface area (Å²) < 4.78 is 0. The number of aryl methyl sites for hydroxylation is 2. The highest BCUT2D eigenvalue weighted by molar-refractivity contribution is 6.50. The first-order valence-electron chi connectivity index (χ1n) is 5.74. The Morgan fingerprint density at radius 1 is 1.00 bits per heavy atom. The van der Waals surface area contributed by atoms with Gasteiger partial charge in [-0.15, -0.1) is 0 Å². The molecule has 3 nitrogen and oxygen atoms in total. The summed E-state index contributed by atoms with van der Waals surface area (Å²) in [5, 5.41) is 9.72. The molecule has 1 N–H and O–H groups in total. The minimum Gasteiger partial charge on any atom is -0.507 e. The molecule has 0 amide bonds. The molecule has 17 heavy (non-hydrogen) atoms. The third-order valence-corrected chi connectivity index (χ3v) is 3.11. The van der Waals surface area contributed by atoms with Gasteiger partial charge in [-0.2, -0.15) is 0 Å². The lowest BCUT2D eigenvalue weighted by Crippen LogP contribution is -2.19. The molecule has 0 spiro atoms. The Bertz CT molecular complexity index is 539. The quantitative estimate of drug-likeness (QED) is 0.794. The number of allylic oxidation sites excluding steroid dienone is 1. The summed E-state index contributed by atoms with van der Waals surface area (Å²) in [5.74, 6) is -1.29. The number of ketones is 2. The number of hydrogen-bond acceptors (Lipinski definition) is 3. The highest BCUT2D eigenvalue weighted by Crippen LogP contribution is 2.27. The zero-order valence-electron chi connectivity index (χ0n) is 9.91. The second-order valence-corrected chi connectivity index (χ2v) is 4.10. The maximum absolute atomic E-state index is 11.7. The number of hydrogen-bond donors (Lipinski definition) is 1. The van der Waals surface area contributed by atoms with Crippen LogP contribution in [0.25, 0.3) is 5.76 Å². The Hall–Kier alpha value is -1.90. The fourth-order valence-electron chi connectivity index (χ4n) is 2.15. The van der Waals surface area contributed by atoms with Crippen LogP contribution in [0, 0.1) is 0 Å². The molecule has 1 aliphatic carbocycles. The SMILES string of the molecule is CCc1cc2c(cc1CC)C(O)=CC(=O)C2=O. The lowest BCUT2D eigenvalue weighted by molar-refractivity contribution is -0.111. The van der Waals surface area contributed by atoms with Crippen LogP contribution in [0.4, 0.5) is 0 Å². The van der Waals surface area contributed by atoms with Crippen molar-refractivity contribution >= 4 is 17.3 Å². The first-order valence-corrected chi connectivity index (χ1v) is 5.74. The zero-order chi connectivity index (χ0) is 12.6. The van der Waals surface area contributed by atoms with E-state index in [9.17, 15) is 14.7 Å². The summed E-state index contributed by atoms with van der Waals surface area (Å²) in [6, 6.07) is 3.54. The Balaban J connectivity index is 2.70. The summed E-state index contributed by atoms with van der Waals surface area (Å²) in [6.07, 6.45) is 2.64. The molecular formula is C14H14O3. The molecule has 88 valence electrons. The van der Waals surface area contributed by atoms with E-state index in [0.717, 1.165) is 30.0 Å². The van der Waals surface area contributed by atoms with Crippen molar-refractivity contribution in [2.75, 3.05) is 0 Å². The van der Waals surface area contributed by atoms with Crippen LogP contribution < -0.4 is 0 Å². The van der Waals surface area contributed by atoms with E-state index in [-0.39, 0.29) is 5.76 Å². The van der Waals surface area contributed by atoms with E-state index in [0.29, 0.717) is 11.1 Å². The van der Waals surface area contributed by atoms with Crippen molar-refractivity contribution in [2.24, 2.45) is 0 Å². The van der Waals surface area contributed by atoms with Crippen LogP contribution in [-0.4, -0.2) is 16.7 Å². The molecule has 0 saturated carbocycles. The van der Waals surface area contributed by atoms with Gasteiger partial charge < -0.3 is 5.11 Å². The molecule has 2 rings (SSSR count). The highest BCUT2D eigenvalue weighted by atomic mass is 16.3. The van der Waals surface area contributed by atoms with Gasteiger partial charge in [0, 0.05) is 17.2 Å². The van der Waals surface area contributed by atoms with E-state index in [1.54, 1.807) is 6.07 Å². The Labute approximate surface area is 99.8 Å². The molecule has 0 unspecified atom stereocenters. The van der Waals surface area contributed by atoms with Gasteiger partial charge in [0.25, 0.3) is 0 Å². The number of carbonyl (C=O) groups is 2. The number of Topliss-reactive ketones (excluding diaryl/α,β-unsaturated/α-hetero) is 1. The first kappa shape index (κ1) is 11.6. The maximum Gasteiger partial charge on any atom is 0.233 e. The normalized spacial score (nSPS) is 14.6. The van der Waals surface area contributed by atoms with Crippen LogP contribution in [0.3, 0.4) is 0 Å². The Morgan fingerprint density at radius 2 is 1.53 bits per heavy atom. The zero-order valence-corrected chi connectivity index (χ0v) is 9.91. The largest absolute Gasteiger partial charge is 0.507 e. The fourth-order valence-corrected chi connectivity index (χ4v) is 2.15. The van der Waals surface area contributed by atoms with Crippen molar-refractivity contribution in [1.82, 2.24) is 0 Å². The van der Waals surface area contributed by atoms with Gasteiger partial charge in [-0.3, -0.25) is 9.59 Å². The van der Waals surface area contributed by atoms with Crippen LogP contribution in [0.15, 0.2) is 18.2 Å². The van der Waals surface area contributed by atoms with Crippen LogP contribution in [-0.2, 0) is 17.6 Å². The molecule has 0 radical (unpaired) electrons. The average Bonchev–Trinajstić information content (AvgIpc) is 2.34. The lowest BCUT2D eigenvalue weighted by Gasteiger charge is -2.16. The number of aliphatic hydroxyl groups is 1. The van der Waals surface area contributed by atoms with E-state index >= 15 is 0 Å². The van der Waals surface area contributed by atoms with Crippen molar-refractivity contribution in [3.8, 4) is 0 Å². The van der Waals surface area contributed by atoms with Gasteiger partial charge in [0.05, 0.1) is 0 Å². The number of fused-ring (bicyclic) bond motifs is 1. The number of benzene rings is 1. The van der Waals surface area contributed by atoms with E-state index in [1.165, 1.54) is 0 Å². The smallest absolute Gasteiger partial charge is 0.233 e. The summed E-state index contributed by atoms with van der Waals surface area (Å²) in [5.41, 5.74) is 2.96. The molecule has 0 aromatic heterocycles. The molecule has 1 aliphatic rings. The second kappa shape index (κ2) is 4.17. The van der Waals surface area contributed by atoms with Crippen molar-refractivity contribution in [1.29, 1.82) is 0 Å². The molecule has 0 heterocycles. The summed E-state index contributed by atoms with van der Waals surface area (Å²) in [6.45, 7) is 4.03. The number of aliphatic hydroxyl groups excluding tert-OH is 1. The minimum atomic E-state index is -0.652. The molecule has 1 aromatic rings. The predicted octanol–water partition coefficient (Wildman–Crippen LogP) is 2.48. The van der Waals surface area contributed by atoms with E-state index in [4.69, 9.17) is 0 Å². The third kappa shape index (κ3) is 1.78. The van der Waals surface area contributed by atoms with Gasteiger partial charge in [0.2, 0.25) is 11.6 Å². The molecular weight excluding hydrogens is 216 g/mol. The monoisotopic (exact) mass is 230 g/mol. The molecule has 0 bridgehead atoms. The van der Waals surface area contributed by atoms with Crippen LogP contribution in [0.1, 0.15) is 40.9 Å². The Morgan fingerprint density at radius 3 is 2.06 bits per heavy atom. The van der Waals surface area contributed by atoms with Crippen molar-refractivity contribution < 1.29 is 14.7 Å². The van der Waals surface area contributed by atoms with Gasteiger partial charge in [0.1, 0.15) is 5.76 Å². The van der Waals surface area contributed by atoms with Crippen molar-refractivity contribution in [2.45, 2.75) is 26.7 Å². The number of carbonyl (C=O) groups excluding carboxylic acids is 2. The number of rotatable bonds is 2. The van der Waals surface area contributed by atoms with Crippen LogP contribution in [0.2, 0.25) is 0 Å². The summed E-state index contributed by atoms with van der Waals surface area (Å²) in [4.78, 5) is 23.1. The molecule has 0 saturated heterocycles. The Kier molecular flexibility index (Phi) is 2.84. The lowest BCUT2D eigenvalue weighted by atomic mass is 9.88. The van der Waals surface area contributed by atoms with Crippen LogP contribution >= 0.6 is 0 Å². The van der Waals surface area contributed by atoms with Crippen molar-refractivity contribution in [3.05, 3.63) is 40.5 Å². The average molecular weight is 230 g/mol. The fraction of sp³-hybridized carbons (Fsp3) is 0.286. The van der Waals surface area contributed by atoms with E-state index in [2.05, 4.69) is 0 Å². The van der Waals surface area contributed by atoms with Gasteiger partial charge in [-0.25, -0.2) is 0 Å². The van der Waals surface area contributed by atoms with Gasteiger partial charge >= 0.3 is 0 Å². The van der Waals surface area contributed by atoms with Gasteiger partial charge in [-0.1, -0.05) is 13.8 Å². The minimum absolute atomic E-state index is 0.109. The molecule has 0 atom stereocenters. The molecule has 1 aromatic carbocycles. The topological polar surface area (TPSA) is 54.4 Å². The van der Waals surface area contributed by atoms with Gasteiger partial charge in [-0.05, 0) is 36.1 Å². The summed E-state index contributed by atoms with van der Waals surface area (Å²) in [7, 11) is 0. The second-order valence-electron chi connectivity index (χ2n) is 4.10. The van der Waals surface area contributed by atoms with Crippen LogP contribution in [0.5, 0.6) is 0 Å². The first-order chi connectivity index (χ1) is 8.08. The van der Waals surface area contributed by atoms with E-state index in [1.807, 2.05) is 19.9 Å². The highest BCUT2D eigenvalue weighted by Gasteiger charge is 2.26. The van der Waals surface area contributed by atoms with Crippen molar-refractivity contribution in [3.63, 3.8) is 0 Å². The molecule has 0 aliphatic heterocycles. The van der Waals surface area contributed by atoms with Gasteiger partial charge in [0.15, 0.2) is 0 Å². The third-order valence-electron chi connectivity index (χ3n) is 3.11. The maximum atomic E-state index is 11.7. The summed E-state index contributed by atoms with van der Waals surface area (Å²) >= 11 is 0. The predicted molar refractivity (Wildman–Crippen MR) is 65.1 cm³/mol. The standard InChI is InChI=1S/C14H14O3/c1-3-8-5-10-11(6-9(8)4-2)14(17)13(16)7-12(10)15/h5-7,15H,3-4H2,1-2H3. The van der Waals surface area contributed by atoms with E-state index < -0.39 is 11.6 Å². The molecule has 0 fully saturated rings. The molecule has 3 heteroatoms.